The summed E-state index contributed by atoms with van der Waals surface area (Å²) >= 11 is 0. The highest BCUT2D eigenvalue weighted by Crippen LogP contribution is 2.07. The molecule has 0 saturated carbocycles. The Morgan fingerprint density at radius 3 is 2.48 bits per heavy atom. The minimum Gasteiger partial charge on any atom is -0.465 e. The lowest BCUT2D eigenvalue weighted by Crippen LogP contribution is -2.39. The Kier molecular flexibility index (Phi) is 8.29. The second kappa shape index (κ2) is 9.97. The van der Waals surface area contributed by atoms with Gasteiger partial charge in [-0.3, -0.25) is 14.5 Å². The molecule has 0 saturated heterocycles. The van der Waals surface area contributed by atoms with Gasteiger partial charge in [0.1, 0.15) is 0 Å². The number of nitrogens with zero attached hydrogens (tertiary/aromatic N) is 1. The predicted octanol–water partition coefficient (Wildman–Crippen LogP) is 0.924. The normalized spacial score (nSPS) is 12.4. The fourth-order valence-corrected chi connectivity index (χ4v) is 2.12. The molecule has 1 rings (SSSR count). The van der Waals surface area contributed by atoms with Gasteiger partial charge in [0.15, 0.2) is 0 Å². The molecule has 0 aliphatic heterocycles. The van der Waals surface area contributed by atoms with E-state index in [4.69, 9.17) is 10.5 Å². The van der Waals surface area contributed by atoms with Gasteiger partial charge in [-0.1, -0.05) is 44.2 Å². The molecule has 1 amide bonds. The monoisotopic (exact) mass is 322 g/mol. The maximum atomic E-state index is 11.6. The Morgan fingerprint density at radius 1 is 1.26 bits per heavy atom. The number of aliphatic hydroxyl groups is 1. The molecule has 6 nitrogen and oxygen atoms in total. The zero-order chi connectivity index (χ0) is 17.2. The van der Waals surface area contributed by atoms with Crippen molar-refractivity contribution in [3.63, 3.8) is 0 Å². The lowest BCUT2D eigenvalue weighted by atomic mass is 10.2. The zero-order valence-corrected chi connectivity index (χ0v) is 13.8. The lowest BCUT2D eigenvalue weighted by Gasteiger charge is -2.23. The molecule has 23 heavy (non-hydrogen) atoms. The van der Waals surface area contributed by atoms with Gasteiger partial charge in [-0.05, 0) is 11.5 Å². The van der Waals surface area contributed by atoms with Crippen molar-refractivity contribution in [2.75, 3.05) is 19.7 Å². The molecular formula is C17H26N2O4. The third-order valence-electron chi connectivity index (χ3n) is 3.08. The van der Waals surface area contributed by atoms with Gasteiger partial charge in [-0.15, -0.1) is 0 Å². The number of hydrogen-bond donors (Lipinski definition) is 2. The highest BCUT2D eigenvalue weighted by molar-refractivity contribution is 5.76. The maximum absolute atomic E-state index is 11.6. The van der Waals surface area contributed by atoms with E-state index in [0.29, 0.717) is 13.2 Å². The van der Waals surface area contributed by atoms with Crippen molar-refractivity contribution in [2.45, 2.75) is 32.9 Å². The van der Waals surface area contributed by atoms with E-state index in [1.165, 1.54) is 0 Å². The number of carbonyl (C=O) groups is 2. The van der Waals surface area contributed by atoms with Crippen LogP contribution >= 0.6 is 0 Å². The summed E-state index contributed by atoms with van der Waals surface area (Å²) in [6.45, 7) is 4.89. The molecule has 6 heteroatoms. The summed E-state index contributed by atoms with van der Waals surface area (Å²) in [5.41, 5.74) is 6.25. The van der Waals surface area contributed by atoms with Crippen molar-refractivity contribution in [2.24, 2.45) is 11.7 Å². The summed E-state index contributed by atoms with van der Waals surface area (Å²) in [7, 11) is 0. The van der Waals surface area contributed by atoms with Crippen LogP contribution in [0.3, 0.4) is 0 Å². The third-order valence-corrected chi connectivity index (χ3v) is 3.08. The summed E-state index contributed by atoms with van der Waals surface area (Å²) in [6, 6.07) is 9.56. The Bertz CT molecular complexity index is 491. The molecule has 0 aromatic heterocycles. The Labute approximate surface area is 137 Å². The molecule has 1 aromatic rings. The van der Waals surface area contributed by atoms with E-state index < -0.39 is 18.0 Å². The van der Waals surface area contributed by atoms with Crippen LogP contribution in [0.15, 0.2) is 30.3 Å². The van der Waals surface area contributed by atoms with Gasteiger partial charge in [0.25, 0.3) is 0 Å². The molecule has 0 fully saturated rings. The molecule has 0 radical (unpaired) electrons. The molecule has 0 aliphatic carbocycles. The summed E-state index contributed by atoms with van der Waals surface area (Å²) in [5.74, 6) is -0.666. The number of carbonyl (C=O) groups excluding carboxylic acids is 2. The predicted molar refractivity (Wildman–Crippen MR) is 87.3 cm³/mol. The van der Waals surface area contributed by atoms with Gasteiger partial charge < -0.3 is 15.6 Å². The van der Waals surface area contributed by atoms with Crippen molar-refractivity contribution in [1.82, 2.24) is 4.90 Å². The van der Waals surface area contributed by atoms with Crippen molar-refractivity contribution in [3.05, 3.63) is 35.9 Å². The van der Waals surface area contributed by atoms with E-state index in [0.717, 1.165) is 5.56 Å². The molecule has 3 N–H and O–H groups in total. The molecule has 0 bridgehead atoms. The van der Waals surface area contributed by atoms with Crippen molar-refractivity contribution in [3.8, 4) is 0 Å². The van der Waals surface area contributed by atoms with E-state index >= 15 is 0 Å². The molecular weight excluding hydrogens is 296 g/mol. The number of nitrogens with two attached hydrogens (primary N) is 1. The fourth-order valence-electron chi connectivity index (χ4n) is 2.12. The van der Waals surface area contributed by atoms with Crippen molar-refractivity contribution < 1.29 is 19.4 Å². The first-order chi connectivity index (χ1) is 10.9. The number of ether oxygens (including phenoxy) is 1. The standard InChI is InChI=1S/C17H26N2O4/c1-13(2)12-23-17(22)8-15(20)10-19(11-16(18)21)9-14-6-4-3-5-7-14/h3-7,13,15,20H,8-12H2,1-2H3,(H2,18,21). The first kappa shape index (κ1) is 19.1. The molecule has 0 aliphatic rings. The van der Waals surface area contributed by atoms with Crippen LogP contribution in [0.1, 0.15) is 25.8 Å². The maximum Gasteiger partial charge on any atom is 0.308 e. The second-order valence-corrected chi connectivity index (χ2v) is 6.06. The summed E-state index contributed by atoms with van der Waals surface area (Å²) < 4.78 is 5.05. The van der Waals surface area contributed by atoms with E-state index in [2.05, 4.69) is 0 Å². The first-order valence-corrected chi connectivity index (χ1v) is 7.75. The molecule has 0 spiro atoms. The topological polar surface area (TPSA) is 92.9 Å². The number of hydrogen-bond acceptors (Lipinski definition) is 5. The first-order valence-electron chi connectivity index (χ1n) is 7.75. The quantitative estimate of drug-likeness (QED) is 0.625. The van der Waals surface area contributed by atoms with Crippen molar-refractivity contribution in [1.29, 1.82) is 0 Å². The number of rotatable bonds is 10. The number of amides is 1. The Hall–Kier alpha value is -1.92. The number of esters is 1. The Balaban J connectivity index is 2.52. The summed E-state index contributed by atoms with van der Waals surface area (Å²) in [4.78, 5) is 24.5. The van der Waals surface area contributed by atoms with Gasteiger partial charge >= 0.3 is 5.97 Å². The largest absolute Gasteiger partial charge is 0.465 e. The molecule has 1 atom stereocenters. The minimum atomic E-state index is -0.905. The minimum absolute atomic E-state index is 0.0208. The van der Waals surface area contributed by atoms with Crippen LogP contribution in [0.4, 0.5) is 0 Å². The SMILES string of the molecule is CC(C)COC(=O)CC(O)CN(CC(N)=O)Cc1ccccc1. The number of primary amides is 1. The lowest BCUT2D eigenvalue weighted by molar-refractivity contribution is -0.147. The smallest absolute Gasteiger partial charge is 0.308 e. The fraction of sp³-hybridized carbons (Fsp3) is 0.529. The average molecular weight is 322 g/mol. The molecule has 128 valence electrons. The highest BCUT2D eigenvalue weighted by Gasteiger charge is 2.18. The Morgan fingerprint density at radius 2 is 1.91 bits per heavy atom. The molecule has 1 aromatic carbocycles. The summed E-state index contributed by atoms with van der Waals surface area (Å²) in [5, 5.41) is 10.1. The van der Waals surface area contributed by atoms with Crippen LogP contribution in [-0.2, 0) is 20.9 Å². The van der Waals surface area contributed by atoms with Gasteiger partial charge in [0.05, 0.1) is 25.7 Å². The van der Waals surface area contributed by atoms with Gasteiger partial charge in [-0.2, -0.15) is 0 Å². The van der Waals surface area contributed by atoms with Crippen molar-refractivity contribution >= 4 is 11.9 Å². The third kappa shape index (κ3) is 8.95. The second-order valence-electron chi connectivity index (χ2n) is 6.06. The van der Waals surface area contributed by atoms with Crippen LogP contribution < -0.4 is 5.73 Å². The average Bonchev–Trinajstić information content (AvgIpc) is 2.45. The van der Waals surface area contributed by atoms with Gasteiger partial charge in [-0.25, -0.2) is 0 Å². The van der Waals surface area contributed by atoms with E-state index in [1.807, 2.05) is 44.2 Å². The number of benzene rings is 1. The van der Waals surface area contributed by atoms with Gasteiger partial charge in [0.2, 0.25) is 5.91 Å². The van der Waals surface area contributed by atoms with E-state index in [-0.39, 0.29) is 25.4 Å². The zero-order valence-electron chi connectivity index (χ0n) is 13.8. The van der Waals surface area contributed by atoms with E-state index in [1.54, 1.807) is 4.90 Å². The van der Waals surface area contributed by atoms with Crippen LogP contribution in [0, 0.1) is 5.92 Å². The number of aliphatic hydroxyl groups excluding tert-OH is 1. The van der Waals surface area contributed by atoms with Gasteiger partial charge in [0, 0.05) is 13.1 Å². The van der Waals surface area contributed by atoms with Crippen LogP contribution in [-0.4, -0.2) is 47.7 Å². The highest BCUT2D eigenvalue weighted by atomic mass is 16.5. The molecule has 1 unspecified atom stereocenters. The van der Waals surface area contributed by atoms with Crippen LogP contribution in [0.2, 0.25) is 0 Å². The summed E-state index contributed by atoms with van der Waals surface area (Å²) in [6.07, 6.45) is -1.01. The van der Waals surface area contributed by atoms with E-state index in [9.17, 15) is 14.7 Å². The van der Waals surface area contributed by atoms with Crippen LogP contribution in [0.5, 0.6) is 0 Å². The van der Waals surface area contributed by atoms with Crippen LogP contribution in [0.25, 0.3) is 0 Å². The molecule has 0 heterocycles.